The van der Waals surface area contributed by atoms with Gasteiger partial charge in [-0.15, -0.1) is 0 Å². The zero-order valence-electron chi connectivity index (χ0n) is 49.6. The van der Waals surface area contributed by atoms with E-state index in [0.717, 1.165) is 109 Å². The van der Waals surface area contributed by atoms with Gasteiger partial charge in [0.15, 0.2) is 16.5 Å². The van der Waals surface area contributed by atoms with Crippen molar-refractivity contribution in [3.05, 3.63) is 77.9 Å². The van der Waals surface area contributed by atoms with Crippen molar-refractivity contribution < 1.29 is 98.6 Å². The Morgan fingerprint density at radius 3 is 1.38 bits per heavy atom. The largest absolute Gasteiger partial charge is 1.00 e. The Bertz CT molecular complexity index is 2250. The van der Waals surface area contributed by atoms with Gasteiger partial charge in [-0.3, -0.25) is 23.7 Å². The average Bonchev–Trinajstić information content (AvgIpc) is 4.28. The zero-order valence-corrected chi connectivity index (χ0v) is 53.3. The van der Waals surface area contributed by atoms with Crippen molar-refractivity contribution >= 4 is 55.4 Å². The van der Waals surface area contributed by atoms with Gasteiger partial charge in [0.1, 0.15) is 10.1 Å². The standard InChI is InChI=1S/2C20H38O7S.C15H16N2.C4H5N.Na/c2*1-5-9-11-16(7-3)14-26-19(21)13-18(28(23,24)25)20(22)27-15-17(8-4)12-10-6-2;1-10-3-7-14(16-10)12-5-6-13(9-12)15-8-4-11(2)17-15;1-2-4-5-3-1;/h2*16-18H,5-15H2,1-4H3,(H,23,24,25);3-8,10,17H,9H2,1-2H3;1-5H;/q;;;;+1. The van der Waals surface area contributed by atoms with Gasteiger partial charge in [0.05, 0.1) is 39.3 Å². The molecule has 0 spiro atoms. The van der Waals surface area contributed by atoms with E-state index in [2.05, 4.69) is 92.9 Å². The SMILES string of the molecule is CCCCC(CC)COC(=O)CC(C(=O)OCC(CC)CCCC)S(=O)(=O)O.CCCCC(CC)COC(=O)CC(C(=O)OCC(CC)CCCC)S(=O)(=O)[O-].Cc1ccc(C2=CC=C(C3=[NH+]C(C)C=C3)C2)[nH]1.[Na+].c1cc[nH]c1. The number of ether oxygens (including phenoxy) is 4. The molecule has 1 aliphatic carbocycles. The number of aromatic amines is 2. The van der Waals surface area contributed by atoms with Crippen LogP contribution in [0.3, 0.4) is 0 Å². The molecule has 7 unspecified atom stereocenters. The Kier molecular flexibility index (Phi) is 40.8. The molecule has 20 heteroatoms. The summed E-state index contributed by atoms with van der Waals surface area (Å²) in [4.78, 5) is 58.1. The van der Waals surface area contributed by atoms with Crippen molar-refractivity contribution in [2.75, 3.05) is 26.4 Å². The summed E-state index contributed by atoms with van der Waals surface area (Å²) in [5, 5.41) is -4.00. The molecule has 17 nitrogen and oxygen atoms in total. The first-order valence-corrected chi connectivity index (χ1v) is 31.6. The van der Waals surface area contributed by atoms with Crippen molar-refractivity contribution in [2.24, 2.45) is 23.7 Å². The molecule has 0 saturated heterocycles. The Balaban J connectivity index is 0.00000112. The fraction of sp³-hybridized carbons (Fsp3) is 0.678. The van der Waals surface area contributed by atoms with Crippen molar-refractivity contribution in [1.82, 2.24) is 9.97 Å². The van der Waals surface area contributed by atoms with Gasteiger partial charge in [0.2, 0.25) is 5.71 Å². The Labute approximate surface area is 496 Å². The van der Waals surface area contributed by atoms with Gasteiger partial charge in [0, 0.05) is 48.8 Å². The van der Waals surface area contributed by atoms with E-state index in [1.165, 1.54) is 28.2 Å². The third-order valence-electron chi connectivity index (χ3n) is 13.8. The monoisotopic (exact) mass is 1160 g/mol. The first-order valence-electron chi connectivity index (χ1n) is 28.6. The molecule has 2 aromatic rings. The van der Waals surface area contributed by atoms with Crippen LogP contribution in [-0.4, -0.2) is 108 Å². The van der Waals surface area contributed by atoms with Crippen LogP contribution in [0.2, 0.25) is 0 Å². The summed E-state index contributed by atoms with van der Waals surface area (Å²) in [6.07, 6.45) is 26.9. The molecule has 79 heavy (non-hydrogen) atoms. The summed E-state index contributed by atoms with van der Waals surface area (Å²) in [7, 11) is -9.78. The second-order valence-electron chi connectivity index (χ2n) is 20.4. The Hall–Kier alpha value is -3.85. The predicted octanol–water partition coefficient (Wildman–Crippen LogP) is 7.50. The van der Waals surface area contributed by atoms with E-state index in [0.29, 0.717) is 6.04 Å². The molecule has 2 aliphatic rings. The number of carbonyl (C=O) groups is 4. The van der Waals surface area contributed by atoms with Crippen LogP contribution < -0.4 is 34.5 Å². The van der Waals surface area contributed by atoms with Gasteiger partial charge >= 0.3 is 53.4 Å². The van der Waals surface area contributed by atoms with Crippen LogP contribution in [0.25, 0.3) is 5.57 Å². The normalized spacial score (nSPS) is 15.9. The van der Waals surface area contributed by atoms with Gasteiger partial charge in [-0.1, -0.05) is 145 Å². The van der Waals surface area contributed by atoms with E-state index in [4.69, 9.17) is 18.9 Å². The van der Waals surface area contributed by atoms with Gasteiger partial charge in [-0.25, -0.2) is 13.4 Å². The molecule has 2 aromatic heterocycles. The third-order valence-corrected chi connectivity index (χ3v) is 15.9. The maximum atomic E-state index is 12.2. The fourth-order valence-corrected chi connectivity index (χ4v) is 9.58. The van der Waals surface area contributed by atoms with Crippen LogP contribution in [0.5, 0.6) is 0 Å². The summed E-state index contributed by atoms with van der Waals surface area (Å²) in [5.41, 5.74) is 6.48. The molecule has 4 N–H and O–H groups in total. The number of aromatic nitrogens is 2. The average molecular weight is 1160 g/mol. The van der Waals surface area contributed by atoms with E-state index in [9.17, 15) is 45.1 Å². The quantitative estimate of drug-likeness (QED) is 0.0229. The first kappa shape index (κ1) is 75.2. The van der Waals surface area contributed by atoms with Crippen molar-refractivity contribution in [3.8, 4) is 0 Å². The number of H-pyrrole nitrogens is 2. The fourth-order valence-electron chi connectivity index (χ4n) is 8.28. The minimum atomic E-state index is -5.01. The van der Waals surface area contributed by atoms with Crippen molar-refractivity contribution in [2.45, 2.75) is 208 Å². The molecule has 0 saturated carbocycles. The molecular formula is C59H97N3NaO14S2+. The van der Waals surface area contributed by atoms with Crippen LogP contribution in [0, 0.1) is 30.6 Å². The summed E-state index contributed by atoms with van der Waals surface area (Å²) in [6, 6.07) is 8.63. The van der Waals surface area contributed by atoms with E-state index >= 15 is 0 Å². The first-order chi connectivity index (χ1) is 37.1. The number of hydrogen-bond acceptors (Lipinski definition) is 13. The van der Waals surface area contributed by atoms with Gasteiger partial charge < -0.3 is 33.5 Å². The summed E-state index contributed by atoms with van der Waals surface area (Å²) in [6.45, 7) is 20.9. The summed E-state index contributed by atoms with van der Waals surface area (Å²) in [5.74, 6) is -3.35. The van der Waals surface area contributed by atoms with Crippen LogP contribution in [0.15, 0.2) is 66.5 Å². The van der Waals surface area contributed by atoms with E-state index in [-0.39, 0.29) is 79.7 Å². The Morgan fingerprint density at radius 1 is 0.646 bits per heavy atom. The number of esters is 4. The summed E-state index contributed by atoms with van der Waals surface area (Å²) < 4.78 is 87.3. The predicted molar refractivity (Wildman–Crippen MR) is 307 cm³/mol. The Morgan fingerprint density at radius 2 is 1.05 bits per heavy atom. The molecule has 444 valence electrons. The van der Waals surface area contributed by atoms with Crippen molar-refractivity contribution in [1.29, 1.82) is 0 Å². The molecule has 0 fully saturated rings. The third kappa shape index (κ3) is 33.0. The number of aryl methyl sites for hydroxylation is 1. The smallest absolute Gasteiger partial charge is 0.747 e. The summed E-state index contributed by atoms with van der Waals surface area (Å²) >= 11 is 0. The molecule has 4 rings (SSSR count). The van der Waals surface area contributed by atoms with Crippen LogP contribution in [0.4, 0.5) is 0 Å². The number of nitrogens with one attached hydrogen (secondary N) is 3. The molecular weight excluding hydrogens is 1060 g/mol. The minimum absolute atomic E-state index is 0. The molecule has 0 aromatic carbocycles. The van der Waals surface area contributed by atoms with Gasteiger partial charge in [-0.05, 0) is 92.2 Å². The number of carbonyl (C=O) groups excluding carboxylic acids is 4. The maximum absolute atomic E-state index is 12.2. The number of rotatable bonds is 34. The molecule has 7 atom stereocenters. The number of unbranched alkanes of at least 4 members (excludes halogenated alkanes) is 4. The molecule has 0 amide bonds. The molecule has 3 heterocycles. The molecule has 0 bridgehead atoms. The van der Waals surface area contributed by atoms with E-state index in [1.807, 2.05) is 52.2 Å². The number of hydrogen-bond donors (Lipinski definition) is 4. The van der Waals surface area contributed by atoms with Crippen LogP contribution in [-0.2, 0) is 58.4 Å². The second-order valence-corrected chi connectivity index (χ2v) is 23.5. The molecule has 0 radical (unpaired) electrons. The van der Waals surface area contributed by atoms with Gasteiger partial charge in [0.25, 0.3) is 10.1 Å². The van der Waals surface area contributed by atoms with Crippen LogP contribution in [0.1, 0.15) is 196 Å². The van der Waals surface area contributed by atoms with E-state index < -0.39 is 67.5 Å². The minimum Gasteiger partial charge on any atom is -0.747 e. The molecule has 1 aliphatic heterocycles. The van der Waals surface area contributed by atoms with E-state index in [1.54, 1.807) is 0 Å². The zero-order chi connectivity index (χ0) is 58.5. The van der Waals surface area contributed by atoms with Crippen LogP contribution >= 0.6 is 0 Å². The maximum Gasteiger partial charge on any atom is 1.00 e. The second kappa shape index (κ2) is 42.9. The van der Waals surface area contributed by atoms with Gasteiger partial charge in [-0.2, -0.15) is 8.42 Å². The number of allylic oxidation sites excluding steroid dienone is 5. The van der Waals surface area contributed by atoms with Crippen molar-refractivity contribution in [3.63, 3.8) is 0 Å². The topological polar surface area (TPSA) is 262 Å².